The zero-order chi connectivity index (χ0) is 4.50. The van der Waals surface area contributed by atoms with E-state index in [0.717, 1.165) is 0 Å². The number of hydrogen-bond donors (Lipinski definition) is 0. The van der Waals surface area contributed by atoms with Crippen LogP contribution in [0.3, 0.4) is 0 Å². The summed E-state index contributed by atoms with van der Waals surface area (Å²) in [7, 11) is 20.1. The van der Waals surface area contributed by atoms with Gasteiger partial charge < -0.3 is 16.4 Å². The first-order chi connectivity index (χ1) is 2.00. The number of rotatable bonds is 0. The Kier molecular flexibility index (Phi) is 24.7. The summed E-state index contributed by atoms with van der Waals surface area (Å²) in [4.78, 5) is 0. The zero-order valence-corrected chi connectivity index (χ0v) is 8.10. The molecule has 0 aliphatic carbocycles. The molecule has 0 radical (unpaired) electrons. The van der Waals surface area contributed by atoms with E-state index in [4.69, 9.17) is 37.2 Å². The van der Waals surface area contributed by atoms with Gasteiger partial charge >= 0.3 is 49.6 Å². The maximum absolute atomic E-state index is 5.01. The van der Waals surface area contributed by atoms with Crippen LogP contribution >= 0.6 is 37.2 Å². The van der Waals surface area contributed by atoms with Gasteiger partial charge in [0.1, 0.15) is 0 Å². The van der Waals surface area contributed by atoms with Gasteiger partial charge in [-0.15, -0.1) is 0 Å². The molecule has 0 fully saturated rings. The van der Waals surface area contributed by atoms with Gasteiger partial charge in [0.2, 0.25) is 0 Å². The van der Waals surface area contributed by atoms with Gasteiger partial charge in [0, 0.05) is 0 Å². The van der Waals surface area contributed by atoms with E-state index in [9.17, 15) is 0 Å². The van der Waals surface area contributed by atoms with E-state index >= 15 is 0 Å². The van der Waals surface area contributed by atoms with Gasteiger partial charge in [0.05, 0.1) is 0 Å². The fourth-order valence-corrected chi connectivity index (χ4v) is 0. The van der Waals surface area contributed by atoms with Crippen molar-refractivity contribution in [1.82, 2.24) is 0 Å². The summed E-state index contributed by atoms with van der Waals surface area (Å²) < 4.78 is 0. The topological polar surface area (TPSA) is 94.5 Å². The predicted molar refractivity (Wildman–Crippen MR) is 34.3 cm³/mol. The van der Waals surface area contributed by atoms with Crippen LogP contribution in [0, 0.1) is 0 Å². The standard InChI is InChI=1S/4ClH.3H2O.Ti/h4*1H;3*1H2;/q;;;;;;;+4/p-4. The molecule has 0 amide bonds. The minimum absolute atomic E-state index is 0. The summed E-state index contributed by atoms with van der Waals surface area (Å²) in [6.07, 6.45) is 0. The molecule has 0 rings (SSSR count). The zero-order valence-electron chi connectivity index (χ0n) is 3.51. The molecular formula is H6Cl4O3Ti. The van der Waals surface area contributed by atoms with Gasteiger partial charge in [-0.05, 0) is 0 Å². The minimum atomic E-state index is -3.11. The van der Waals surface area contributed by atoms with Crippen LogP contribution in [0.25, 0.3) is 0 Å². The first-order valence-corrected chi connectivity index (χ1v) is 9.35. The molecule has 8 heteroatoms. The van der Waals surface area contributed by atoms with Crippen molar-refractivity contribution in [2.75, 3.05) is 0 Å². The number of hydrogen-bond acceptors (Lipinski definition) is 0. The molecule has 0 spiro atoms. The molecular weight excluding hydrogens is 238 g/mol. The normalized spacial score (nSPS) is 7.50. The van der Waals surface area contributed by atoms with Crippen LogP contribution in [-0.2, 0) is 12.3 Å². The molecule has 0 heterocycles. The van der Waals surface area contributed by atoms with E-state index in [1.807, 2.05) is 0 Å². The van der Waals surface area contributed by atoms with Crippen molar-refractivity contribution in [2.24, 2.45) is 0 Å². The Morgan fingerprint density at radius 2 is 0.625 bits per heavy atom. The van der Waals surface area contributed by atoms with E-state index in [1.165, 1.54) is 0 Å². The van der Waals surface area contributed by atoms with Crippen LogP contribution in [0.1, 0.15) is 0 Å². The molecule has 3 nitrogen and oxygen atoms in total. The van der Waals surface area contributed by atoms with E-state index < -0.39 is 12.3 Å². The van der Waals surface area contributed by atoms with Crippen LogP contribution in [0.15, 0.2) is 0 Å². The third-order valence-corrected chi connectivity index (χ3v) is 0. The molecule has 0 aromatic carbocycles. The summed E-state index contributed by atoms with van der Waals surface area (Å²) in [5, 5.41) is 0. The maximum atomic E-state index is 5.01. The summed E-state index contributed by atoms with van der Waals surface area (Å²) in [6, 6.07) is 0. The van der Waals surface area contributed by atoms with Gasteiger partial charge in [0.15, 0.2) is 0 Å². The van der Waals surface area contributed by atoms with Crippen molar-refractivity contribution >= 4 is 37.2 Å². The summed E-state index contributed by atoms with van der Waals surface area (Å²) in [5.41, 5.74) is 0. The van der Waals surface area contributed by atoms with E-state index in [-0.39, 0.29) is 16.4 Å². The van der Waals surface area contributed by atoms with Crippen molar-refractivity contribution < 1.29 is 28.8 Å². The molecule has 0 saturated carbocycles. The van der Waals surface area contributed by atoms with Crippen LogP contribution in [0.2, 0.25) is 0 Å². The Balaban J connectivity index is -0.0000000267. The average Bonchev–Trinajstić information content (AvgIpc) is 0.722. The Hall–Kier alpha value is 1.75. The van der Waals surface area contributed by atoms with Crippen molar-refractivity contribution in [1.29, 1.82) is 0 Å². The van der Waals surface area contributed by atoms with Crippen LogP contribution in [-0.4, -0.2) is 16.4 Å². The second-order valence-electron chi connectivity index (χ2n) is 0.429. The first-order valence-electron chi connectivity index (χ1n) is 0.756. The molecule has 0 unspecified atom stereocenters. The summed E-state index contributed by atoms with van der Waals surface area (Å²) in [6.45, 7) is 0. The van der Waals surface area contributed by atoms with Crippen molar-refractivity contribution in [3.8, 4) is 0 Å². The van der Waals surface area contributed by atoms with Crippen LogP contribution < -0.4 is 0 Å². The Labute approximate surface area is 65.6 Å². The third kappa shape index (κ3) is 115. The molecule has 0 aliphatic rings. The molecule has 0 aromatic heterocycles. The van der Waals surface area contributed by atoms with E-state index in [1.54, 1.807) is 0 Å². The molecule has 0 aromatic rings. The fraction of sp³-hybridized carbons (Fsp3) is 0. The van der Waals surface area contributed by atoms with Gasteiger partial charge in [0.25, 0.3) is 0 Å². The predicted octanol–water partition coefficient (Wildman–Crippen LogP) is 0.281. The second-order valence-corrected chi connectivity index (χ2v) is 15.9. The van der Waals surface area contributed by atoms with Crippen molar-refractivity contribution in [2.45, 2.75) is 0 Å². The van der Waals surface area contributed by atoms with Crippen LogP contribution in [0.5, 0.6) is 0 Å². The SMILES string of the molecule is O.O.O.[Cl][Ti]([Cl])([Cl])[Cl]. The third-order valence-electron chi connectivity index (χ3n) is 0. The Morgan fingerprint density at radius 3 is 0.625 bits per heavy atom. The van der Waals surface area contributed by atoms with E-state index in [2.05, 4.69) is 0 Å². The molecule has 0 atom stereocenters. The number of halogens is 4. The summed E-state index contributed by atoms with van der Waals surface area (Å²) >= 11 is -3.11. The van der Waals surface area contributed by atoms with Crippen LogP contribution in [0.4, 0.5) is 0 Å². The second kappa shape index (κ2) is 8.75. The molecule has 8 heavy (non-hydrogen) atoms. The fourth-order valence-electron chi connectivity index (χ4n) is 0. The van der Waals surface area contributed by atoms with E-state index in [0.29, 0.717) is 0 Å². The molecule has 0 aliphatic heterocycles. The Bertz CT molecular complexity index is 26.8. The molecule has 6 N–H and O–H groups in total. The monoisotopic (exact) mass is 242 g/mol. The average molecular weight is 244 g/mol. The molecule has 56 valence electrons. The van der Waals surface area contributed by atoms with Gasteiger partial charge in [-0.2, -0.15) is 0 Å². The first kappa shape index (κ1) is 22.6. The quantitative estimate of drug-likeness (QED) is 0.547. The Morgan fingerprint density at radius 1 is 0.625 bits per heavy atom. The van der Waals surface area contributed by atoms with Gasteiger partial charge in [-0.1, -0.05) is 0 Å². The molecule has 0 saturated heterocycles. The molecule has 0 bridgehead atoms. The van der Waals surface area contributed by atoms with Gasteiger partial charge in [-0.3, -0.25) is 0 Å². The van der Waals surface area contributed by atoms with Gasteiger partial charge in [-0.25, -0.2) is 0 Å². The van der Waals surface area contributed by atoms with Crippen molar-refractivity contribution in [3.05, 3.63) is 0 Å². The summed E-state index contributed by atoms with van der Waals surface area (Å²) in [5.74, 6) is 0. The van der Waals surface area contributed by atoms with Crippen molar-refractivity contribution in [3.63, 3.8) is 0 Å².